The number of nitrogens with zero attached hydrogens (tertiary/aromatic N) is 1. The zero-order valence-electron chi connectivity index (χ0n) is 12.4. The fourth-order valence-corrected chi connectivity index (χ4v) is 3.79. The number of hydrogen-bond donors (Lipinski definition) is 1. The summed E-state index contributed by atoms with van der Waals surface area (Å²) in [5.74, 6) is -0.461. The zero-order chi connectivity index (χ0) is 14.4. The molecule has 0 radical (unpaired) electrons. The molecule has 2 fully saturated rings. The predicted octanol–water partition coefficient (Wildman–Crippen LogP) is 1.72. The molecule has 3 rings (SSSR count). The molecule has 5 nitrogen and oxygen atoms in total. The van der Waals surface area contributed by atoms with Crippen molar-refractivity contribution in [2.45, 2.75) is 56.7 Å². The van der Waals surface area contributed by atoms with Gasteiger partial charge in [-0.1, -0.05) is 19.6 Å². The summed E-state index contributed by atoms with van der Waals surface area (Å²) in [6.07, 6.45) is 4.24. The van der Waals surface area contributed by atoms with E-state index in [-0.39, 0.29) is 0 Å². The fraction of sp³-hybridized carbons (Fsp3) is 0.786. The molecule has 0 aromatic carbocycles. The molecule has 1 saturated heterocycles. The lowest BCUT2D eigenvalue weighted by molar-refractivity contribution is -0.204. The molecule has 1 saturated carbocycles. The molecular weight excluding hydrogens is 274 g/mol. The molecule has 112 valence electrons. The summed E-state index contributed by atoms with van der Waals surface area (Å²) in [5, 5.41) is 10.8. The second kappa shape index (κ2) is 4.66. The van der Waals surface area contributed by atoms with Crippen LogP contribution in [-0.2, 0) is 15.1 Å². The molecule has 6 heteroatoms. The normalized spacial score (nSPS) is 25.2. The minimum atomic E-state index is -1.58. The van der Waals surface area contributed by atoms with E-state index in [1.54, 1.807) is 6.26 Å². The Hall–Kier alpha value is -0.693. The van der Waals surface area contributed by atoms with Crippen molar-refractivity contribution in [3.05, 3.63) is 12.0 Å². The van der Waals surface area contributed by atoms with Crippen LogP contribution in [-0.4, -0.2) is 37.2 Å². The summed E-state index contributed by atoms with van der Waals surface area (Å²) in [6, 6.07) is 0. The highest BCUT2D eigenvalue weighted by atomic mass is 28.3. The lowest BCUT2D eigenvalue weighted by Crippen LogP contribution is -2.43. The highest BCUT2D eigenvalue weighted by molar-refractivity contribution is 6.87. The highest BCUT2D eigenvalue weighted by Gasteiger charge is 2.47. The Bertz CT molecular complexity index is 478. The van der Waals surface area contributed by atoms with Gasteiger partial charge in [-0.25, -0.2) is 4.98 Å². The first-order valence-electron chi connectivity index (χ1n) is 7.30. The van der Waals surface area contributed by atoms with Crippen molar-refractivity contribution in [2.24, 2.45) is 0 Å². The third kappa shape index (κ3) is 2.45. The van der Waals surface area contributed by atoms with Crippen molar-refractivity contribution in [3.8, 4) is 0 Å². The SMILES string of the molecule is C[Si](C)(C)c1nc(C2(O)CCC3(CC2)OCCO3)co1. The van der Waals surface area contributed by atoms with Crippen LogP contribution in [0.4, 0.5) is 0 Å². The van der Waals surface area contributed by atoms with Gasteiger partial charge in [0.15, 0.2) is 11.3 Å². The quantitative estimate of drug-likeness (QED) is 0.842. The van der Waals surface area contributed by atoms with Crippen LogP contribution < -0.4 is 5.51 Å². The maximum absolute atomic E-state index is 10.8. The lowest BCUT2D eigenvalue weighted by Gasteiger charge is -2.39. The van der Waals surface area contributed by atoms with Crippen LogP contribution in [0.2, 0.25) is 19.6 Å². The molecule has 1 aromatic rings. The van der Waals surface area contributed by atoms with E-state index in [2.05, 4.69) is 24.6 Å². The lowest BCUT2D eigenvalue weighted by atomic mass is 9.79. The molecule has 2 heterocycles. The maximum Gasteiger partial charge on any atom is 0.168 e. The van der Waals surface area contributed by atoms with Gasteiger partial charge in [0.25, 0.3) is 0 Å². The minimum Gasteiger partial charge on any atom is -0.454 e. The van der Waals surface area contributed by atoms with Gasteiger partial charge in [-0.3, -0.25) is 0 Å². The molecule has 1 aliphatic heterocycles. The molecule has 1 spiro atoms. The van der Waals surface area contributed by atoms with E-state index in [1.165, 1.54) is 0 Å². The first kappa shape index (κ1) is 14.3. The Kier molecular flexibility index (Phi) is 3.32. The first-order valence-corrected chi connectivity index (χ1v) is 10.8. The average Bonchev–Trinajstić information content (AvgIpc) is 3.03. The van der Waals surface area contributed by atoms with Gasteiger partial charge in [-0.05, 0) is 12.8 Å². The van der Waals surface area contributed by atoms with E-state index >= 15 is 0 Å². The van der Waals surface area contributed by atoms with Gasteiger partial charge in [-0.15, -0.1) is 0 Å². The van der Waals surface area contributed by atoms with Crippen molar-refractivity contribution < 1.29 is 19.0 Å². The Morgan fingerprint density at radius 3 is 2.20 bits per heavy atom. The molecule has 1 aliphatic carbocycles. The van der Waals surface area contributed by atoms with Crippen LogP contribution in [0, 0.1) is 0 Å². The number of hydrogen-bond acceptors (Lipinski definition) is 5. The summed E-state index contributed by atoms with van der Waals surface area (Å²) in [4.78, 5) is 4.56. The molecule has 20 heavy (non-hydrogen) atoms. The van der Waals surface area contributed by atoms with Crippen LogP contribution in [0.1, 0.15) is 31.4 Å². The Morgan fingerprint density at radius 1 is 1.10 bits per heavy atom. The van der Waals surface area contributed by atoms with E-state index in [4.69, 9.17) is 13.9 Å². The van der Waals surface area contributed by atoms with Crippen molar-refractivity contribution in [3.63, 3.8) is 0 Å². The van der Waals surface area contributed by atoms with Gasteiger partial charge < -0.3 is 19.0 Å². The zero-order valence-corrected chi connectivity index (χ0v) is 13.4. The summed E-state index contributed by atoms with van der Waals surface area (Å²) < 4.78 is 17.0. The van der Waals surface area contributed by atoms with Crippen LogP contribution in [0.5, 0.6) is 0 Å². The monoisotopic (exact) mass is 297 g/mol. The minimum absolute atomic E-state index is 0.461. The third-order valence-electron chi connectivity index (χ3n) is 4.28. The second-order valence-electron chi connectivity index (χ2n) is 6.93. The number of aliphatic hydroxyl groups is 1. The summed E-state index contributed by atoms with van der Waals surface area (Å²) in [5.41, 5.74) is 0.569. The molecule has 0 unspecified atom stereocenters. The van der Waals surface area contributed by atoms with Crippen LogP contribution in [0.15, 0.2) is 10.7 Å². The molecule has 0 atom stereocenters. The second-order valence-corrected chi connectivity index (χ2v) is 11.9. The van der Waals surface area contributed by atoms with E-state index in [0.717, 1.165) is 5.51 Å². The standard InChI is InChI=1S/C14H23NO4Si/c1-20(2,3)12-15-11(10-17-12)13(16)4-6-14(7-5-13)18-8-9-19-14/h10,16H,4-9H2,1-3H3. The van der Waals surface area contributed by atoms with Gasteiger partial charge in [0, 0.05) is 12.8 Å². The topological polar surface area (TPSA) is 64.7 Å². The predicted molar refractivity (Wildman–Crippen MR) is 76.5 cm³/mol. The summed E-state index contributed by atoms with van der Waals surface area (Å²) >= 11 is 0. The van der Waals surface area contributed by atoms with Crippen molar-refractivity contribution >= 4 is 13.6 Å². The van der Waals surface area contributed by atoms with Crippen molar-refractivity contribution in [2.75, 3.05) is 13.2 Å². The molecule has 0 bridgehead atoms. The van der Waals surface area contributed by atoms with Gasteiger partial charge in [-0.2, -0.15) is 0 Å². The van der Waals surface area contributed by atoms with Crippen LogP contribution in [0.25, 0.3) is 0 Å². The number of oxazole rings is 1. The Morgan fingerprint density at radius 2 is 1.70 bits per heavy atom. The van der Waals surface area contributed by atoms with Crippen molar-refractivity contribution in [1.29, 1.82) is 0 Å². The van der Waals surface area contributed by atoms with E-state index < -0.39 is 19.5 Å². The number of ether oxygens (including phenoxy) is 2. The molecular formula is C14H23NO4Si. The Labute approximate surface area is 120 Å². The fourth-order valence-electron chi connectivity index (χ4n) is 2.92. The largest absolute Gasteiger partial charge is 0.454 e. The van der Waals surface area contributed by atoms with Crippen molar-refractivity contribution in [1.82, 2.24) is 4.98 Å². The maximum atomic E-state index is 10.8. The number of aromatic nitrogens is 1. The van der Waals surface area contributed by atoms with E-state index in [1.807, 2.05) is 0 Å². The van der Waals surface area contributed by atoms with Gasteiger partial charge >= 0.3 is 0 Å². The third-order valence-corrected chi connectivity index (χ3v) is 5.79. The van der Waals surface area contributed by atoms with Gasteiger partial charge in [0.2, 0.25) is 0 Å². The average molecular weight is 297 g/mol. The van der Waals surface area contributed by atoms with Crippen LogP contribution in [0.3, 0.4) is 0 Å². The summed E-state index contributed by atoms with van der Waals surface area (Å²) in [6.45, 7) is 7.86. The molecule has 1 N–H and O–H groups in total. The first-order chi connectivity index (χ1) is 9.33. The van der Waals surface area contributed by atoms with Gasteiger partial charge in [0.05, 0.1) is 13.2 Å². The van der Waals surface area contributed by atoms with E-state index in [0.29, 0.717) is 44.6 Å². The van der Waals surface area contributed by atoms with Gasteiger partial charge in [0.1, 0.15) is 25.6 Å². The van der Waals surface area contributed by atoms with Crippen LogP contribution >= 0.6 is 0 Å². The number of rotatable bonds is 2. The Balaban J connectivity index is 1.75. The van der Waals surface area contributed by atoms with E-state index in [9.17, 15) is 5.11 Å². The molecule has 1 aromatic heterocycles. The summed E-state index contributed by atoms with van der Waals surface area (Å²) in [7, 11) is -1.58. The smallest absolute Gasteiger partial charge is 0.168 e. The molecule has 2 aliphatic rings. The highest BCUT2D eigenvalue weighted by Crippen LogP contribution is 2.44. The molecule has 0 amide bonds.